The molecule has 10 heteroatoms. The summed E-state index contributed by atoms with van der Waals surface area (Å²) in [4.78, 5) is 29.9. The third-order valence-corrected chi connectivity index (χ3v) is 5.82. The zero-order chi connectivity index (χ0) is 23.1. The maximum atomic E-state index is 13.1. The first kappa shape index (κ1) is 23.5. The van der Waals surface area contributed by atoms with Gasteiger partial charge in [0.15, 0.2) is 0 Å². The van der Waals surface area contributed by atoms with E-state index in [1.54, 1.807) is 4.90 Å². The van der Waals surface area contributed by atoms with E-state index in [4.69, 9.17) is 21.9 Å². The van der Waals surface area contributed by atoms with Crippen molar-refractivity contribution in [2.24, 2.45) is 34.0 Å². The van der Waals surface area contributed by atoms with Crippen LogP contribution in [0.2, 0.25) is 0 Å². The number of carbonyl (C=O) groups excluding carboxylic acids is 2. The van der Waals surface area contributed by atoms with Crippen LogP contribution in [0.25, 0.3) is 0 Å². The average molecular weight is 447 g/mol. The molecule has 32 heavy (non-hydrogen) atoms. The summed E-state index contributed by atoms with van der Waals surface area (Å²) in [6, 6.07) is 5.25. The molecule has 2 aliphatic rings. The molecular formula is C22H31FN6O3. The standard InChI is InChI=1S/C22H31FN6O3/c23-16-3-5-17(6-4-16)28-20(25)18(21(26)30)12-27-19(11-24)15-7-9-29(10-8-15)22(31)32-13-14-1-2-14/h3-6,12,14-15,19,27H,1-2,7-11,13,24H2,(H2,25,28)(H2,26,30)/b18-12+/t19-/m0/s1. The number of benzene rings is 1. The molecule has 3 rings (SSSR count). The number of nitrogens with one attached hydrogen (secondary N) is 1. The third kappa shape index (κ3) is 6.68. The van der Waals surface area contributed by atoms with Crippen LogP contribution in [-0.2, 0) is 9.53 Å². The number of rotatable bonds is 9. The van der Waals surface area contributed by atoms with E-state index in [-0.39, 0.29) is 29.5 Å². The van der Waals surface area contributed by atoms with Gasteiger partial charge in [-0.15, -0.1) is 0 Å². The molecule has 0 bridgehead atoms. The fourth-order valence-corrected chi connectivity index (χ4v) is 3.62. The van der Waals surface area contributed by atoms with Crippen LogP contribution in [0.4, 0.5) is 14.9 Å². The zero-order valence-electron chi connectivity index (χ0n) is 18.0. The van der Waals surface area contributed by atoms with E-state index < -0.39 is 11.7 Å². The number of carbonyl (C=O) groups is 2. The molecule has 1 aliphatic carbocycles. The van der Waals surface area contributed by atoms with Gasteiger partial charge in [-0.05, 0) is 61.8 Å². The topological polar surface area (TPSA) is 149 Å². The first-order valence-corrected chi connectivity index (χ1v) is 10.8. The molecule has 1 aliphatic heterocycles. The Kier molecular flexibility index (Phi) is 8.04. The molecule has 174 valence electrons. The van der Waals surface area contributed by atoms with Crippen molar-refractivity contribution in [2.45, 2.75) is 31.7 Å². The van der Waals surface area contributed by atoms with Gasteiger partial charge in [0.1, 0.15) is 11.7 Å². The predicted octanol–water partition coefficient (Wildman–Crippen LogP) is 1.36. The maximum absolute atomic E-state index is 13.1. The molecule has 0 aromatic heterocycles. The number of amides is 2. The van der Waals surface area contributed by atoms with E-state index in [1.807, 2.05) is 0 Å². The second-order valence-electron chi connectivity index (χ2n) is 8.25. The highest BCUT2D eigenvalue weighted by Crippen LogP contribution is 2.29. The molecule has 7 N–H and O–H groups in total. The number of likely N-dealkylation sites (tertiary alicyclic amines) is 1. The van der Waals surface area contributed by atoms with Crippen LogP contribution in [0.3, 0.4) is 0 Å². The molecule has 9 nitrogen and oxygen atoms in total. The lowest BCUT2D eigenvalue weighted by molar-refractivity contribution is -0.114. The number of nitrogens with two attached hydrogens (primary N) is 3. The molecule has 1 heterocycles. The number of hydrogen-bond acceptors (Lipinski definition) is 6. The quantitative estimate of drug-likeness (QED) is 0.256. The fourth-order valence-electron chi connectivity index (χ4n) is 3.62. The average Bonchev–Trinajstić information content (AvgIpc) is 3.61. The van der Waals surface area contributed by atoms with E-state index >= 15 is 0 Å². The Morgan fingerprint density at radius 3 is 2.41 bits per heavy atom. The second-order valence-corrected chi connectivity index (χ2v) is 8.25. The van der Waals surface area contributed by atoms with Crippen LogP contribution in [0.1, 0.15) is 25.7 Å². The van der Waals surface area contributed by atoms with Gasteiger partial charge in [-0.1, -0.05) is 0 Å². The monoisotopic (exact) mass is 446 g/mol. The number of hydrogen-bond donors (Lipinski definition) is 4. The SMILES string of the molecule is NC[C@H](N/C=C(/C(N)=O)C(N)=Nc1ccc(F)cc1)C1CCN(C(=O)OCC2CC2)CC1. The molecule has 1 aromatic carbocycles. The van der Waals surface area contributed by atoms with Crippen molar-refractivity contribution in [1.82, 2.24) is 10.2 Å². The van der Waals surface area contributed by atoms with Crippen LogP contribution >= 0.6 is 0 Å². The molecule has 1 saturated heterocycles. The molecule has 1 atom stereocenters. The van der Waals surface area contributed by atoms with Gasteiger partial charge in [0.25, 0.3) is 5.91 Å². The van der Waals surface area contributed by atoms with Crippen molar-refractivity contribution in [2.75, 3.05) is 26.2 Å². The number of piperidine rings is 1. The lowest BCUT2D eigenvalue weighted by Crippen LogP contribution is -2.47. The second kappa shape index (κ2) is 10.9. The Morgan fingerprint density at radius 2 is 1.84 bits per heavy atom. The molecule has 1 saturated carbocycles. The zero-order valence-corrected chi connectivity index (χ0v) is 18.0. The number of halogens is 1. The van der Waals surface area contributed by atoms with Gasteiger partial charge in [0, 0.05) is 31.9 Å². The van der Waals surface area contributed by atoms with Crippen molar-refractivity contribution < 1.29 is 18.7 Å². The Bertz CT molecular complexity index is 861. The van der Waals surface area contributed by atoms with E-state index in [9.17, 15) is 14.0 Å². The number of ether oxygens (including phenoxy) is 1. The molecule has 2 fully saturated rings. The van der Waals surface area contributed by atoms with Gasteiger partial charge >= 0.3 is 6.09 Å². The van der Waals surface area contributed by atoms with Gasteiger partial charge in [0.2, 0.25) is 0 Å². The van der Waals surface area contributed by atoms with Crippen LogP contribution in [0.15, 0.2) is 41.0 Å². The summed E-state index contributed by atoms with van der Waals surface area (Å²) < 4.78 is 18.4. The Balaban J connectivity index is 1.57. The van der Waals surface area contributed by atoms with Gasteiger partial charge in [-0.25, -0.2) is 14.2 Å². The fraction of sp³-hybridized carbons (Fsp3) is 0.500. The van der Waals surface area contributed by atoms with Gasteiger partial charge in [0.05, 0.1) is 17.9 Å². The van der Waals surface area contributed by atoms with Crippen LogP contribution < -0.4 is 22.5 Å². The first-order valence-electron chi connectivity index (χ1n) is 10.8. The Morgan fingerprint density at radius 1 is 1.19 bits per heavy atom. The van der Waals surface area contributed by atoms with Crippen LogP contribution in [0, 0.1) is 17.7 Å². The molecule has 2 amide bonds. The third-order valence-electron chi connectivity index (χ3n) is 5.82. The normalized spacial score (nSPS) is 18.9. The highest BCUT2D eigenvalue weighted by molar-refractivity contribution is 6.20. The van der Waals surface area contributed by atoms with E-state index in [0.29, 0.717) is 37.8 Å². The van der Waals surface area contributed by atoms with Crippen LogP contribution in [-0.4, -0.2) is 55.0 Å². The summed E-state index contributed by atoms with van der Waals surface area (Å²) in [7, 11) is 0. The smallest absolute Gasteiger partial charge is 0.409 e. The van der Waals surface area contributed by atoms with E-state index in [0.717, 1.165) is 25.7 Å². The summed E-state index contributed by atoms with van der Waals surface area (Å²) in [5.41, 5.74) is 17.8. The number of primary amides is 1. The Hall–Kier alpha value is -3.14. The first-order chi connectivity index (χ1) is 15.4. The van der Waals surface area contributed by atoms with Crippen LogP contribution in [0.5, 0.6) is 0 Å². The van der Waals surface area contributed by atoms with Gasteiger partial charge < -0.3 is 32.2 Å². The number of amidine groups is 1. The van der Waals surface area contributed by atoms with E-state index in [1.165, 1.54) is 30.5 Å². The Labute approximate surface area is 186 Å². The van der Waals surface area contributed by atoms with Crippen molar-refractivity contribution in [3.8, 4) is 0 Å². The summed E-state index contributed by atoms with van der Waals surface area (Å²) in [6.07, 6.45) is 4.96. The van der Waals surface area contributed by atoms with Crippen molar-refractivity contribution in [3.63, 3.8) is 0 Å². The molecule has 0 unspecified atom stereocenters. The lowest BCUT2D eigenvalue weighted by atomic mass is 9.89. The minimum Gasteiger partial charge on any atom is -0.449 e. The molecule has 0 radical (unpaired) electrons. The predicted molar refractivity (Wildman–Crippen MR) is 119 cm³/mol. The minimum absolute atomic E-state index is 0.00821. The summed E-state index contributed by atoms with van der Waals surface area (Å²) in [6.45, 7) is 2.02. The van der Waals surface area contributed by atoms with Crippen molar-refractivity contribution in [3.05, 3.63) is 41.9 Å². The summed E-state index contributed by atoms with van der Waals surface area (Å²) in [5.74, 6) is -0.492. The van der Waals surface area contributed by atoms with Crippen molar-refractivity contribution in [1.29, 1.82) is 0 Å². The van der Waals surface area contributed by atoms with Gasteiger partial charge in [-0.3, -0.25) is 4.79 Å². The highest BCUT2D eigenvalue weighted by Gasteiger charge is 2.30. The van der Waals surface area contributed by atoms with Gasteiger partial charge in [-0.2, -0.15) is 0 Å². The maximum Gasteiger partial charge on any atom is 0.409 e. The number of aliphatic imine (C=N–C) groups is 1. The molecule has 1 aromatic rings. The largest absolute Gasteiger partial charge is 0.449 e. The minimum atomic E-state index is -0.745. The van der Waals surface area contributed by atoms with Crippen molar-refractivity contribution >= 4 is 23.5 Å². The summed E-state index contributed by atoms with van der Waals surface area (Å²) >= 11 is 0. The lowest BCUT2D eigenvalue weighted by Gasteiger charge is -2.35. The number of nitrogens with zero attached hydrogens (tertiary/aromatic N) is 2. The van der Waals surface area contributed by atoms with E-state index in [2.05, 4.69) is 10.3 Å². The summed E-state index contributed by atoms with van der Waals surface area (Å²) in [5, 5.41) is 3.15. The molecule has 0 spiro atoms. The molecular weight excluding hydrogens is 415 g/mol. The highest BCUT2D eigenvalue weighted by atomic mass is 19.1.